The Morgan fingerprint density at radius 2 is 1.52 bits per heavy atom. The molecule has 3 aromatic rings. The Hall–Kier alpha value is -4.18. The summed E-state index contributed by atoms with van der Waals surface area (Å²) in [5, 5.41) is 24.2. The van der Waals surface area contributed by atoms with Gasteiger partial charge in [-0.1, -0.05) is 24.3 Å². The third kappa shape index (κ3) is 4.03. The number of ketones is 1. The number of nitro groups is 1. The molecule has 0 radical (unpaired) electrons. The predicted molar refractivity (Wildman–Crippen MR) is 118 cm³/mol. The molecule has 0 saturated carbocycles. The molecule has 1 heterocycles. The Labute approximate surface area is 189 Å². The number of fused-ring (bicyclic) bond motifs is 1. The summed E-state index contributed by atoms with van der Waals surface area (Å²) in [5.74, 6) is -1.25. The number of Topliss-reactive ketones (excluding diaryl/α,β-unsaturated/α-hetero) is 1. The van der Waals surface area contributed by atoms with Crippen LogP contribution >= 0.6 is 0 Å². The Morgan fingerprint density at radius 3 is 2.09 bits per heavy atom. The molecule has 1 aromatic heterocycles. The number of rotatable bonds is 4. The summed E-state index contributed by atoms with van der Waals surface area (Å²) in [5.41, 5.74) is 0.781. The number of hydrogen-bond acceptors (Lipinski definition) is 6. The van der Waals surface area contributed by atoms with Crippen molar-refractivity contribution in [2.45, 2.75) is 18.7 Å². The molecule has 0 atom stereocenters. The van der Waals surface area contributed by atoms with Crippen LogP contribution in [0.2, 0.25) is 0 Å². The van der Waals surface area contributed by atoms with Crippen LogP contribution in [0, 0.1) is 24.0 Å². The van der Waals surface area contributed by atoms with Gasteiger partial charge in [-0.15, -0.1) is 4.40 Å². The van der Waals surface area contributed by atoms with Gasteiger partial charge in [-0.05, 0) is 43.4 Å². The average molecular weight is 463 g/mol. The van der Waals surface area contributed by atoms with Gasteiger partial charge >= 0.3 is 0 Å². The van der Waals surface area contributed by atoms with E-state index < -0.39 is 32.2 Å². The van der Waals surface area contributed by atoms with E-state index in [1.54, 1.807) is 38.4 Å². The predicted octanol–water partition coefficient (Wildman–Crippen LogP) is 2.21. The molecule has 0 spiro atoms. The van der Waals surface area contributed by atoms with Crippen molar-refractivity contribution in [3.63, 3.8) is 0 Å². The highest BCUT2D eigenvalue weighted by atomic mass is 32.2. The van der Waals surface area contributed by atoms with E-state index in [1.165, 1.54) is 16.7 Å². The van der Waals surface area contributed by atoms with E-state index in [2.05, 4.69) is 4.40 Å². The minimum absolute atomic E-state index is 0.0499. The van der Waals surface area contributed by atoms with Gasteiger partial charge in [-0.25, -0.2) is 0 Å². The first-order valence-corrected chi connectivity index (χ1v) is 11.2. The number of non-ortho nitro benzene ring substituents is 1. The first-order valence-electron chi connectivity index (χ1n) is 9.73. The van der Waals surface area contributed by atoms with Gasteiger partial charge in [0.1, 0.15) is 0 Å². The molecule has 0 unspecified atom stereocenters. The molecule has 33 heavy (non-hydrogen) atoms. The molecule has 0 aliphatic heterocycles. The summed E-state index contributed by atoms with van der Waals surface area (Å²) < 4.78 is 31.2. The summed E-state index contributed by atoms with van der Waals surface area (Å²) in [7, 11) is -4.46. The molecular weight excluding hydrogens is 446 g/mol. The number of benzene rings is 2. The SMILES string of the molecule is Cc1cc(C)c[n+](C2=C([O-])c3ccccc3C(=O)/C2=N\S(=O)(=O)c2ccc([N+](=O)[O-])cc2)c1. The van der Waals surface area contributed by atoms with E-state index in [4.69, 9.17) is 0 Å². The zero-order chi connectivity index (χ0) is 23.9. The molecule has 0 fully saturated rings. The number of aromatic nitrogens is 1. The first kappa shape index (κ1) is 22.0. The number of hydrogen-bond donors (Lipinski definition) is 0. The lowest BCUT2D eigenvalue weighted by atomic mass is 9.91. The van der Waals surface area contributed by atoms with E-state index in [0.29, 0.717) is 0 Å². The maximum atomic E-state index is 13.4. The number of carbonyl (C=O) groups is 1. The number of sulfonamides is 1. The molecule has 1 aliphatic rings. The molecule has 4 rings (SSSR count). The minimum atomic E-state index is -4.46. The van der Waals surface area contributed by atoms with Gasteiger partial charge in [0.25, 0.3) is 15.7 Å². The number of nitrogens with zero attached hydrogens (tertiary/aromatic N) is 3. The molecule has 166 valence electrons. The number of pyridine rings is 1. The fourth-order valence-corrected chi connectivity index (χ4v) is 4.62. The van der Waals surface area contributed by atoms with Crippen LogP contribution in [0.4, 0.5) is 5.69 Å². The smallest absolute Gasteiger partial charge is 0.283 e. The number of carbonyl (C=O) groups excluding carboxylic acids is 1. The van der Waals surface area contributed by atoms with Crippen LogP contribution in [0.5, 0.6) is 0 Å². The molecular formula is C23H17N3O6S. The summed E-state index contributed by atoms with van der Waals surface area (Å²) in [6.45, 7) is 3.61. The van der Waals surface area contributed by atoms with Crippen molar-refractivity contribution < 1.29 is 27.8 Å². The molecule has 2 aromatic carbocycles. The monoisotopic (exact) mass is 463 g/mol. The minimum Gasteiger partial charge on any atom is -0.867 e. The molecule has 10 heteroatoms. The average Bonchev–Trinajstić information content (AvgIpc) is 2.76. The lowest BCUT2D eigenvalue weighted by Gasteiger charge is -2.23. The second-order valence-corrected chi connectivity index (χ2v) is 9.12. The van der Waals surface area contributed by atoms with Crippen molar-refractivity contribution >= 4 is 38.7 Å². The highest BCUT2D eigenvalue weighted by molar-refractivity contribution is 7.90. The van der Waals surface area contributed by atoms with Crippen LogP contribution < -0.4 is 9.67 Å². The number of allylic oxidation sites excluding steroid dienone is 1. The Morgan fingerprint density at radius 1 is 0.939 bits per heavy atom. The van der Waals surface area contributed by atoms with Crippen LogP contribution in [-0.2, 0) is 10.0 Å². The second-order valence-electron chi connectivity index (χ2n) is 7.52. The normalized spacial score (nSPS) is 15.0. The van der Waals surface area contributed by atoms with Crippen LogP contribution in [0.15, 0.2) is 76.3 Å². The van der Waals surface area contributed by atoms with Crippen molar-refractivity contribution in [1.82, 2.24) is 0 Å². The molecule has 9 nitrogen and oxygen atoms in total. The molecule has 0 bridgehead atoms. The maximum Gasteiger partial charge on any atom is 0.283 e. The van der Waals surface area contributed by atoms with E-state index in [0.717, 1.165) is 35.4 Å². The maximum absolute atomic E-state index is 13.4. The zero-order valence-corrected chi connectivity index (χ0v) is 18.4. The van der Waals surface area contributed by atoms with Crippen LogP contribution in [-0.4, -0.2) is 24.8 Å². The zero-order valence-electron chi connectivity index (χ0n) is 17.6. The fourth-order valence-electron chi connectivity index (χ4n) is 3.63. The third-order valence-corrected chi connectivity index (χ3v) is 6.32. The summed E-state index contributed by atoms with van der Waals surface area (Å²) in [6.07, 6.45) is 3.21. The molecule has 0 amide bonds. The van der Waals surface area contributed by atoms with Gasteiger partial charge in [-0.2, -0.15) is 13.0 Å². The largest absolute Gasteiger partial charge is 0.867 e. The number of aryl methyl sites for hydroxylation is 2. The van der Waals surface area contributed by atoms with E-state index in [-0.39, 0.29) is 27.4 Å². The van der Waals surface area contributed by atoms with E-state index >= 15 is 0 Å². The van der Waals surface area contributed by atoms with Crippen molar-refractivity contribution in [2.75, 3.05) is 0 Å². The van der Waals surface area contributed by atoms with Crippen molar-refractivity contribution in [1.29, 1.82) is 0 Å². The first-order chi connectivity index (χ1) is 15.6. The van der Waals surface area contributed by atoms with Crippen LogP contribution in [0.3, 0.4) is 0 Å². The van der Waals surface area contributed by atoms with Gasteiger partial charge in [0.2, 0.25) is 11.5 Å². The molecule has 0 N–H and O–H groups in total. The lowest BCUT2D eigenvalue weighted by Crippen LogP contribution is -2.44. The fraction of sp³-hybridized carbons (Fsp3) is 0.0870. The highest BCUT2D eigenvalue weighted by Crippen LogP contribution is 2.28. The van der Waals surface area contributed by atoms with Gasteiger partial charge in [0.15, 0.2) is 18.1 Å². The Bertz CT molecular complexity index is 1470. The summed E-state index contributed by atoms with van der Waals surface area (Å²) >= 11 is 0. The molecule has 1 aliphatic carbocycles. The van der Waals surface area contributed by atoms with E-state index in [1.807, 2.05) is 6.07 Å². The topological polar surface area (TPSA) is 134 Å². The highest BCUT2D eigenvalue weighted by Gasteiger charge is 2.35. The van der Waals surface area contributed by atoms with E-state index in [9.17, 15) is 28.4 Å². The number of nitro benzene ring substituents is 1. The molecule has 0 saturated heterocycles. The van der Waals surface area contributed by atoms with Crippen molar-refractivity contribution in [3.05, 3.63) is 99.4 Å². The van der Waals surface area contributed by atoms with Gasteiger partial charge in [0.05, 0.1) is 9.82 Å². The lowest BCUT2D eigenvalue weighted by molar-refractivity contribution is -0.578. The van der Waals surface area contributed by atoms with Crippen LogP contribution in [0.1, 0.15) is 27.0 Å². The Balaban J connectivity index is 1.96. The Kier molecular flexibility index (Phi) is 5.38. The van der Waals surface area contributed by atoms with Gasteiger partial charge in [0, 0.05) is 28.8 Å². The standard InChI is InChI=1S/C23H17N3O6S/c1-14-11-15(2)13-25(12-14)21-20(22(27)18-5-3-4-6-19(18)23(21)28)24-33(31,32)17-9-7-16(8-10-17)26(29)30/h3-13H,1-2H3. The van der Waals surface area contributed by atoms with Crippen molar-refractivity contribution in [3.8, 4) is 0 Å². The van der Waals surface area contributed by atoms with Crippen LogP contribution in [0.25, 0.3) is 11.5 Å². The third-order valence-electron chi connectivity index (χ3n) is 5.03. The quantitative estimate of drug-likeness (QED) is 0.331. The summed E-state index contributed by atoms with van der Waals surface area (Å²) in [6, 6.07) is 12.1. The van der Waals surface area contributed by atoms with Gasteiger partial charge in [-0.3, -0.25) is 14.9 Å². The van der Waals surface area contributed by atoms with Crippen molar-refractivity contribution in [2.24, 2.45) is 4.40 Å². The second kappa shape index (κ2) is 8.06. The van der Waals surface area contributed by atoms with Gasteiger partial charge < -0.3 is 5.11 Å². The summed E-state index contributed by atoms with van der Waals surface area (Å²) in [4.78, 5) is 23.2.